The zero-order valence-electron chi connectivity index (χ0n) is 14.7. The van der Waals surface area contributed by atoms with Crippen molar-refractivity contribution in [3.63, 3.8) is 0 Å². The number of benzene rings is 2. The highest BCUT2D eigenvalue weighted by molar-refractivity contribution is 6.32. The van der Waals surface area contributed by atoms with Crippen LogP contribution in [0.3, 0.4) is 0 Å². The molecule has 9 heteroatoms. The highest BCUT2D eigenvalue weighted by Gasteiger charge is 2.13. The Morgan fingerprint density at radius 2 is 1.86 bits per heavy atom. The van der Waals surface area contributed by atoms with Crippen LogP contribution in [0.2, 0.25) is 10.0 Å². The molecule has 0 bridgehead atoms. The third-order valence-electron chi connectivity index (χ3n) is 4.23. The second kappa shape index (κ2) is 7.51. The summed E-state index contributed by atoms with van der Waals surface area (Å²) in [5.41, 5.74) is 1.24. The van der Waals surface area contributed by atoms with Gasteiger partial charge in [0, 0.05) is 16.8 Å². The standard InChI is InChI=1S/C20H12Cl2N4O3/c21-12-5-11(9-23)6-14(7-12)29-17-8-13(24-19(27)18(17)22)10-26-16-4-2-1-3-15(16)25-20(26)28/h1-8H,10H2,(H,24,27)(H,25,28). The Hall–Kier alpha value is -3.47. The summed E-state index contributed by atoms with van der Waals surface area (Å²) in [6.45, 7) is 0.102. The van der Waals surface area contributed by atoms with Crippen LogP contribution in [0, 0.1) is 11.3 Å². The van der Waals surface area contributed by atoms with Crippen LogP contribution >= 0.6 is 23.2 Å². The molecule has 0 radical (unpaired) electrons. The number of nitrogens with zero attached hydrogens (tertiary/aromatic N) is 2. The van der Waals surface area contributed by atoms with E-state index >= 15 is 0 Å². The number of rotatable bonds is 4. The van der Waals surface area contributed by atoms with Gasteiger partial charge in [0.15, 0.2) is 5.75 Å². The van der Waals surface area contributed by atoms with Crippen LogP contribution in [0.15, 0.2) is 58.1 Å². The number of hydrogen-bond acceptors (Lipinski definition) is 4. The van der Waals surface area contributed by atoms with E-state index in [0.29, 0.717) is 27.3 Å². The van der Waals surface area contributed by atoms with Crippen molar-refractivity contribution >= 4 is 34.2 Å². The lowest BCUT2D eigenvalue weighted by atomic mass is 10.2. The van der Waals surface area contributed by atoms with Crippen molar-refractivity contribution in [3.8, 4) is 17.6 Å². The third kappa shape index (κ3) is 3.76. The molecule has 2 heterocycles. The zero-order chi connectivity index (χ0) is 20.5. The molecule has 4 rings (SSSR count). The Morgan fingerprint density at radius 3 is 2.66 bits per heavy atom. The van der Waals surface area contributed by atoms with E-state index in [1.807, 2.05) is 18.2 Å². The maximum Gasteiger partial charge on any atom is 0.326 e. The van der Waals surface area contributed by atoms with E-state index in [1.54, 1.807) is 12.1 Å². The van der Waals surface area contributed by atoms with Crippen molar-refractivity contribution in [1.82, 2.24) is 14.5 Å². The molecular weight excluding hydrogens is 415 g/mol. The Kier molecular flexibility index (Phi) is 4.89. The maximum absolute atomic E-state index is 12.3. The number of hydrogen-bond donors (Lipinski definition) is 2. The van der Waals surface area contributed by atoms with E-state index < -0.39 is 5.56 Å². The summed E-state index contributed by atoms with van der Waals surface area (Å²) in [7, 11) is 0. The van der Waals surface area contributed by atoms with Crippen LogP contribution in [0.5, 0.6) is 11.5 Å². The summed E-state index contributed by atoms with van der Waals surface area (Å²) in [6, 6.07) is 15.2. The number of pyridine rings is 1. The molecule has 0 saturated heterocycles. The van der Waals surface area contributed by atoms with Gasteiger partial charge in [-0.15, -0.1) is 0 Å². The number of nitriles is 1. The van der Waals surface area contributed by atoms with Gasteiger partial charge in [0.25, 0.3) is 5.56 Å². The summed E-state index contributed by atoms with van der Waals surface area (Å²) in [4.78, 5) is 30.0. The second-order valence-corrected chi connectivity index (χ2v) is 7.04. The van der Waals surface area contributed by atoms with Crippen LogP contribution in [-0.4, -0.2) is 14.5 Å². The monoisotopic (exact) mass is 426 g/mol. The van der Waals surface area contributed by atoms with Crippen LogP contribution in [-0.2, 0) is 6.54 Å². The highest BCUT2D eigenvalue weighted by atomic mass is 35.5. The molecule has 0 aliphatic carbocycles. The number of ether oxygens (including phenoxy) is 1. The van der Waals surface area contributed by atoms with E-state index in [-0.39, 0.29) is 28.8 Å². The number of para-hydroxylation sites is 2. The van der Waals surface area contributed by atoms with E-state index in [9.17, 15) is 9.59 Å². The van der Waals surface area contributed by atoms with E-state index in [2.05, 4.69) is 9.97 Å². The Bertz CT molecular complexity index is 1400. The van der Waals surface area contributed by atoms with Crippen molar-refractivity contribution in [2.75, 3.05) is 0 Å². The molecule has 0 amide bonds. The van der Waals surface area contributed by atoms with Crippen molar-refractivity contribution in [1.29, 1.82) is 5.26 Å². The van der Waals surface area contributed by atoms with Crippen molar-refractivity contribution in [2.45, 2.75) is 6.54 Å². The molecule has 0 saturated carbocycles. The average molecular weight is 427 g/mol. The van der Waals surface area contributed by atoms with Crippen LogP contribution in [0.4, 0.5) is 0 Å². The van der Waals surface area contributed by atoms with Crippen LogP contribution in [0.1, 0.15) is 11.3 Å². The van der Waals surface area contributed by atoms with Gasteiger partial charge in [0.1, 0.15) is 10.8 Å². The first kappa shape index (κ1) is 18.9. The molecular formula is C20H12Cl2N4O3. The molecule has 0 fully saturated rings. The fraction of sp³-hybridized carbons (Fsp3) is 0.0500. The summed E-state index contributed by atoms with van der Waals surface area (Å²) < 4.78 is 7.20. The number of aromatic nitrogens is 3. The molecule has 2 N–H and O–H groups in total. The number of H-pyrrole nitrogens is 2. The lowest BCUT2D eigenvalue weighted by Gasteiger charge is -2.11. The molecule has 29 heavy (non-hydrogen) atoms. The quantitative estimate of drug-likeness (QED) is 0.513. The average Bonchev–Trinajstić information content (AvgIpc) is 3.00. The first-order valence-electron chi connectivity index (χ1n) is 8.42. The smallest absolute Gasteiger partial charge is 0.326 e. The number of fused-ring (bicyclic) bond motifs is 1. The molecule has 2 aromatic heterocycles. The minimum atomic E-state index is -0.561. The molecule has 0 unspecified atom stereocenters. The lowest BCUT2D eigenvalue weighted by molar-refractivity contribution is 0.480. The highest BCUT2D eigenvalue weighted by Crippen LogP contribution is 2.30. The Balaban J connectivity index is 1.74. The SMILES string of the molecule is N#Cc1cc(Cl)cc(Oc2cc(Cn3c(=O)[nH]c4ccccc43)[nH]c(=O)c2Cl)c1. The summed E-state index contributed by atoms with van der Waals surface area (Å²) >= 11 is 12.1. The number of halogens is 2. The third-order valence-corrected chi connectivity index (χ3v) is 4.81. The van der Waals surface area contributed by atoms with Gasteiger partial charge in [-0.1, -0.05) is 35.3 Å². The molecule has 0 aliphatic heterocycles. The topological polar surface area (TPSA) is 104 Å². The molecule has 0 atom stereocenters. The van der Waals surface area contributed by atoms with Gasteiger partial charge >= 0.3 is 5.69 Å². The summed E-state index contributed by atoms with van der Waals surface area (Å²) in [5.74, 6) is 0.348. The Morgan fingerprint density at radius 1 is 1.07 bits per heavy atom. The molecule has 0 aliphatic rings. The van der Waals surface area contributed by atoms with Crippen molar-refractivity contribution in [3.05, 3.63) is 90.7 Å². The van der Waals surface area contributed by atoms with Crippen molar-refractivity contribution < 1.29 is 4.74 Å². The fourth-order valence-electron chi connectivity index (χ4n) is 2.98. The van der Waals surface area contributed by atoms with Gasteiger partial charge in [-0.25, -0.2) is 4.79 Å². The predicted octanol–water partition coefficient (Wildman–Crippen LogP) is 4.04. The maximum atomic E-state index is 12.3. The molecule has 144 valence electrons. The second-order valence-electron chi connectivity index (χ2n) is 6.22. The van der Waals surface area contributed by atoms with Gasteiger partial charge in [0.2, 0.25) is 0 Å². The number of nitrogens with one attached hydrogen (secondary N) is 2. The summed E-state index contributed by atoms with van der Waals surface area (Å²) in [5, 5.41) is 9.23. The molecule has 2 aromatic carbocycles. The van der Waals surface area contributed by atoms with E-state index in [4.69, 9.17) is 33.2 Å². The van der Waals surface area contributed by atoms with Gasteiger partial charge in [-0.05, 0) is 30.3 Å². The van der Waals surface area contributed by atoms with Gasteiger partial charge in [-0.2, -0.15) is 5.26 Å². The number of imidazole rings is 1. The largest absolute Gasteiger partial charge is 0.455 e. The van der Waals surface area contributed by atoms with Gasteiger partial charge in [-0.3, -0.25) is 9.36 Å². The van der Waals surface area contributed by atoms with Gasteiger partial charge in [0.05, 0.1) is 29.2 Å². The summed E-state index contributed by atoms with van der Waals surface area (Å²) in [6.07, 6.45) is 0. The van der Waals surface area contributed by atoms with E-state index in [1.165, 1.54) is 28.8 Å². The molecule has 4 aromatic rings. The fourth-order valence-corrected chi connectivity index (χ4v) is 3.34. The van der Waals surface area contributed by atoms with Crippen LogP contribution < -0.4 is 16.0 Å². The normalized spacial score (nSPS) is 10.8. The Labute approximate surface area is 173 Å². The van der Waals surface area contributed by atoms with Crippen molar-refractivity contribution in [2.24, 2.45) is 0 Å². The van der Waals surface area contributed by atoms with E-state index in [0.717, 1.165) is 0 Å². The zero-order valence-corrected chi connectivity index (χ0v) is 16.2. The minimum absolute atomic E-state index is 0.0875. The first-order valence-corrected chi connectivity index (χ1v) is 9.18. The predicted molar refractivity (Wildman–Crippen MR) is 110 cm³/mol. The lowest BCUT2D eigenvalue weighted by Crippen LogP contribution is -2.20. The number of aromatic amines is 2. The van der Waals surface area contributed by atoms with Gasteiger partial charge < -0.3 is 14.7 Å². The molecule has 7 nitrogen and oxygen atoms in total. The molecule has 0 spiro atoms. The minimum Gasteiger partial charge on any atom is -0.455 e. The first-order chi connectivity index (χ1) is 13.9. The van der Waals surface area contributed by atoms with Crippen LogP contribution in [0.25, 0.3) is 11.0 Å².